The van der Waals surface area contributed by atoms with Crippen LogP contribution in [0.3, 0.4) is 0 Å². The molecule has 10 heteroatoms. The van der Waals surface area contributed by atoms with Crippen molar-refractivity contribution >= 4 is 53.6 Å². The maximum absolute atomic E-state index is 13.4. The Morgan fingerprint density at radius 3 is 1.37 bits per heavy atom. The zero-order valence-corrected chi connectivity index (χ0v) is 33.7. The highest BCUT2D eigenvalue weighted by Crippen LogP contribution is 2.39. The molecule has 54 heavy (non-hydrogen) atoms. The molecule has 0 aliphatic carbocycles. The Bertz CT molecular complexity index is 2460. The van der Waals surface area contributed by atoms with Crippen LogP contribution in [0.2, 0.25) is 5.02 Å². The molecule has 0 aromatic heterocycles. The van der Waals surface area contributed by atoms with Gasteiger partial charge < -0.3 is 9.47 Å². The van der Waals surface area contributed by atoms with Gasteiger partial charge in [0.1, 0.15) is 22.8 Å². The number of sulfone groups is 2. The molecule has 0 bridgehead atoms. The van der Waals surface area contributed by atoms with Crippen LogP contribution < -0.4 is 9.47 Å². The van der Waals surface area contributed by atoms with E-state index in [9.17, 15) is 16.8 Å². The van der Waals surface area contributed by atoms with Crippen LogP contribution >= 0.6 is 23.2 Å². The number of fused-ring (bicyclic) bond motifs is 1. The van der Waals surface area contributed by atoms with E-state index in [0.29, 0.717) is 35.1 Å². The van der Waals surface area contributed by atoms with Crippen LogP contribution in [0.4, 0.5) is 0 Å². The van der Waals surface area contributed by atoms with Crippen LogP contribution in [0, 0.1) is 0 Å². The van der Waals surface area contributed by atoms with E-state index in [1.165, 1.54) is 12.1 Å². The monoisotopic (exact) mass is 800 g/mol. The van der Waals surface area contributed by atoms with Crippen molar-refractivity contribution in [3.8, 4) is 17.2 Å². The minimum Gasteiger partial charge on any atom is -0.483 e. The molecule has 0 spiro atoms. The van der Waals surface area contributed by atoms with Gasteiger partial charge in [0.2, 0.25) is 19.7 Å². The lowest BCUT2D eigenvalue weighted by Gasteiger charge is -2.33. The fourth-order valence-electron chi connectivity index (χ4n) is 6.65. The van der Waals surface area contributed by atoms with Gasteiger partial charge in [-0.05, 0) is 145 Å². The van der Waals surface area contributed by atoms with Crippen LogP contribution in [-0.4, -0.2) is 16.8 Å². The summed E-state index contributed by atoms with van der Waals surface area (Å²) in [6.07, 6.45) is 2.78. The Kier molecular flexibility index (Phi) is 11.5. The Morgan fingerprint density at radius 1 is 0.481 bits per heavy atom. The number of hydrogen-bond donors (Lipinski definition) is 0. The summed E-state index contributed by atoms with van der Waals surface area (Å²) in [5.41, 5.74) is 1.07. The molecule has 6 aromatic rings. The van der Waals surface area contributed by atoms with E-state index in [0.717, 1.165) is 34.7 Å². The van der Waals surface area contributed by atoms with Crippen molar-refractivity contribution in [1.82, 2.24) is 0 Å². The molecular weight excluding hydrogens is 760 g/mol. The smallest absolute Gasteiger partial charge is 0.206 e. The number of hydrogen-bond acceptors (Lipinski definition) is 6. The van der Waals surface area contributed by atoms with Crippen LogP contribution in [-0.2, 0) is 30.1 Å². The molecule has 0 unspecified atom stereocenters. The normalized spacial score (nSPS) is 12.5. The fourth-order valence-corrected chi connectivity index (χ4v) is 9.43. The third kappa shape index (κ3) is 7.89. The molecule has 6 rings (SSSR count). The highest BCUT2D eigenvalue weighted by Gasteiger charge is 2.32. The van der Waals surface area contributed by atoms with Crippen molar-refractivity contribution in [3.63, 3.8) is 0 Å². The second kappa shape index (κ2) is 15.8. The minimum atomic E-state index is -3.74. The number of benzene rings is 6. The summed E-state index contributed by atoms with van der Waals surface area (Å²) in [4.78, 5) is 0.219. The highest BCUT2D eigenvalue weighted by molar-refractivity contribution is 7.91. The highest BCUT2D eigenvalue weighted by atomic mass is 35.5. The maximum atomic E-state index is 13.4. The number of ether oxygens (including phenoxy) is 2. The van der Waals surface area contributed by atoms with E-state index < -0.39 is 30.1 Å². The number of rotatable bonds is 14. The van der Waals surface area contributed by atoms with Crippen molar-refractivity contribution in [2.75, 3.05) is 0 Å². The lowest BCUT2D eigenvalue weighted by molar-refractivity contribution is 0.0574. The first kappa shape index (κ1) is 39.4. The van der Waals surface area contributed by atoms with Crippen LogP contribution in [0.15, 0.2) is 153 Å². The molecule has 0 heterocycles. The van der Waals surface area contributed by atoms with Crippen molar-refractivity contribution < 1.29 is 26.3 Å². The molecule has 280 valence electrons. The van der Waals surface area contributed by atoms with E-state index in [1.807, 2.05) is 76.2 Å². The lowest BCUT2D eigenvalue weighted by Crippen LogP contribution is -2.31. The predicted molar refractivity (Wildman–Crippen MR) is 217 cm³/mol. The van der Waals surface area contributed by atoms with Gasteiger partial charge in [0.25, 0.3) is 0 Å². The van der Waals surface area contributed by atoms with Gasteiger partial charge in [0.15, 0.2) is 0 Å². The second-order valence-electron chi connectivity index (χ2n) is 13.2. The van der Waals surface area contributed by atoms with Gasteiger partial charge in [-0.25, -0.2) is 16.8 Å². The molecule has 0 fully saturated rings. The summed E-state index contributed by atoms with van der Waals surface area (Å²) in [6, 6.07) is 37.8. The molecule has 0 radical (unpaired) electrons. The van der Waals surface area contributed by atoms with Gasteiger partial charge in [-0.15, -0.1) is 11.6 Å². The Balaban J connectivity index is 1.19. The largest absolute Gasteiger partial charge is 0.483 e. The van der Waals surface area contributed by atoms with E-state index in [2.05, 4.69) is 0 Å². The first-order chi connectivity index (χ1) is 25.8. The summed E-state index contributed by atoms with van der Waals surface area (Å²) in [6.45, 7) is 8.13. The van der Waals surface area contributed by atoms with E-state index >= 15 is 0 Å². The summed E-state index contributed by atoms with van der Waals surface area (Å²) >= 11 is 12.7. The molecule has 0 aliphatic rings. The third-order valence-corrected chi connectivity index (χ3v) is 14.8. The van der Waals surface area contributed by atoms with Gasteiger partial charge >= 0.3 is 0 Å². The van der Waals surface area contributed by atoms with Crippen molar-refractivity contribution in [2.45, 2.75) is 83.4 Å². The van der Waals surface area contributed by atoms with Gasteiger partial charge in [-0.3, -0.25) is 0 Å². The molecule has 0 N–H and O–H groups in total. The summed E-state index contributed by atoms with van der Waals surface area (Å²) in [5.74, 6) is 1.73. The average Bonchev–Trinajstić information content (AvgIpc) is 3.20. The van der Waals surface area contributed by atoms with E-state index in [-0.39, 0.29) is 19.6 Å². The second-order valence-corrected chi connectivity index (χ2v) is 18.3. The molecule has 0 saturated heterocycles. The molecular formula is C44H42Cl2O6S2. The molecule has 6 nitrogen and oxygen atoms in total. The van der Waals surface area contributed by atoms with Gasteiger partial charge in [0.05, 0.1) is 24.5 Å². The van der Waals surface area contributed by atoms with Crippen LogP contribution in [0.5, 0.6) is 17.2 Å². The average molecular weight is 802 g/mol. The van der Waals surface area contributed by atoms with Crippen molar-refractivity contribution in [2.24, 2.45) is 0 Å². The topological polar surface area (TPSA) is 86.7 Å². The van der Waals surface area contributed by atoms with Gasteiger partial charge in [0, 0.05) is 5.02 Å². The molecule has 0 aliphatic heterocycles. The Morgan fingerprint density at radius 2 is 0.889 bits per heavy atom. The number of alkyl halides is 1. The molecule has 0 atom stereocenters. The lowest BCUT2D eigenvalue weighted by atomic mass is 9.88. The van der Waals surface area contributed by atoms with Crippen molar-refractivity contribution in [3.05, 3.63) is 150 Å². The zero-order chi connectivity index (χ0) is 38.7. The van der Waals surface area contributed by atoms with Crippen molar-refractivity contribution in [1.29, 1.82) is 0 Å². The Labute approximate surface area is 328 Å². The quantitative estimate of drug-likeness (QED) is 0.102. The van der Waals surface area contributed by atoms with E-state index in [4.69, 9.17) is 32.7 Å². The van der Waals surface area contributed by atoms with Gasteiger partial charge in [-0.1, -0.05) is 75.7 Å². The Hall–Kier alpha value is -4.34. The zero-order valence-electron chi connectivity index (χ0n) is 30.6. The standard InChI is InChI=1S/C44H42Cl2O6S2/c1-5-43(46,6-2)33-11-21-39(22-12-33)54(49,50)42-27-19-36(20-28-42)51-37-17-9-31-10-18-38(30-32(31)29-37)52-44(7-3,8-4)34-13-23-40(24-14-34)53(47,48)41-25-15-35(45)16-26-41/h9-30H,5-8H2,1-4H3. The molecule has 0 amide bonds. The fraction of sp³-hybridized carbons (Fsp3) is 0.227. The predicted octanol–water partition coefficient (Wildman–Crippen LogP) is 12.3. The van der Waals surface area contributed by atoms with E-state index in [1.54, 1.807) is 72.8 Å². The first-order valence-electron chi connectivity index (χ1n) is 17.9. The van der Waals surface area contributed by atoms with Crippen LogP contribution in [0.1, 0.15) is 64.5 Å². The SMILES string of the molecule is CCC(Cl)(CC)c1ccc(S(=O)(=O)c2ccc(Oc3ccc4ccc(OC(CC)(CC)c5ccc(S(=O)(=O)c6ccc(Cl)cc6)cc5)cc4c3)cc2)cc1. The summed E-state index contributed by atoms with van der Waals surface area (Å²) in [7, 11) is -7.45. The molecule has 6 aromatic carbocycles. The third-order valence-electron chi connectivity index (χ3n) is 10.2. The molecule has 0 saturated carbocycles. The minimum absolute atomic E-state index is 0.166. The maximum Gasteiger partial charge on any atom is 0.206 e. The first-order valence-corrected chi connectivity index (χ1v) is 21.7. The van der Waals surface area contributed by atoms with Crippen LogP contribution in [0.25, 0.3) is 10.8 Å². The summed E-state index contributed by atoms with van der Waals surface area (Å²) in [5, 5.41) is 2.35. The summed E-state index contributed by atoms with van der Waals surface area (Å²) < 4.78 is 66.2. The van der Waals surface area contributed by atoms with Gasteiger partial charge in [-0.2, -0.15) is 0 Å². The number of halogens is 2.